The molecule has 0 saturated carbocycles. The first-order valence-electron chi connectivity index (χ1n) is 7.03. The summed E-state index contributed by atoms with van der Waals surface area (Å²) >= 11 is 0. The molecule has 1 aromatic heterocycles. The van der Waals surface area contributed by atoms with Crippen molar-refractivity contribution in [1.82, 2.24) is 5.32 Å². The molecule has 2 unspecified atom stereocenters. The average Bonchev–Trinajstić information content (AvgIpc) is 2.87. The molecule has 0 saturated heterocycles. The molecule has 0 radical (unpaired) electrons. The minimum absolute atomic E-state index is 0.219. The minimum atomic E-state index is 0.219. The van der Waals surface area contributed by atoms with Crippen molar-refractivity contribution in [2.45, 2.75) is 32.7 Å². The normalized spacial score (nSPS) is 14.7. The predicted molar refractivity (Wildman–Crippen MR) is 78.1 cm³/mol. The van der Waals surface area contributed by atoms with Crippen molar-refractivity contribution in [3.63, 3.8) is 0 Å². The minimum Gasteiger partial charge on any atom is -0.459 e. The summed E-state index contributed by atoms with van der Waals surface area (Å²) in [5.41, 5.74) is 0.944. The van der Waals surface area contributed by atoms with Crippen LogP contribution in [0.5, 0.6) is 0 Å². The van der Waals surface area contributed by atoms with E-state index in [1.54, 1.807) is 0 Å². The zero-order valence-electron chi connectivity index (χ0n) is 11.7. The van der Waals surface area contributed by atoms with Gasteiger partial charge in [0.05, 0.1) is 6.04 Å². The summed E-state index contributed by atoms with van der Waals surface area (Å²) < 4.78 is 5.83. The van der Waals surface area contributed by atoms with Gasteiger partial charge in [-0.3, -0.25) is 0 Å². The van der Waals surface area contributed by atoms with Crippen LogP contribution in [-0.4, -0.2) is 18.3 Å². The molecule has 0 aliphatic carbocycles. The van der Waals surface area contributed by atoms with E-state index >= 15 is 0 Å². The van der Waals surface area contributed by atoms with Crippen molar-refractivity contribution in [2.75, 3.05) is 13.2 Å². The summed E-state index contributed by atoms with van der Waals surface area (Å²) in [5, 5.41) is 13.6. The van der Waals surface area contributed by atoms with Crippen molar-refractivity contribution < 1.29 is 9.52 Å². The van der Waals surface area contributed by atoms with E-state index in [0.29, 0.717) is 5.92 Å². The van der Waals surface area contributed by atoms with Gasteiger partial charge in [0, 0.05) is 12.0 Å². The Morgan fingerprint density at radius 2 is 2.05 bits per heavy atom. The zero-order valence-corrected chi connectivity index (χ0v) is 11.7. The number of furan rings is 1. The first-order valence-corrected chi connectivity index (χ1v) is 7.03. The lowest BCUT2D eigenvalue weighted by Gasteiger charge is -2.12. The van der Waals surface area contributed by atoms with Crippen molar-refractivity contribution in [2.24, 2.45) is 5.92 Å². The molecule has 0 aliphatic rings. The zero-order chi connectivity index (χ0) is 13.7. The van der Waals surface area contributed by atoms with Gasteiger partial charge < -0.3 is 14.8 Å². The van der Waals surface area contributed by atoms with E-state index in [0.717, 1.165) is 36.1 Å². The molecule has 2 aromatic rings. The van der Waals surface area contributed by atoms with Gasteiger partial charge in [0.15, 0.2) is 0 Å². The van der Waals surface area contributed by atoms with E-state index < -0.39 is 0 Å². The molecule has 2 atom stereocenters. The molecule has 2 N–H and O–H groups in total. The predicted octanol–water partition coefficient (Wildman–Crippen LogP) is 3.49. The van der Waals surface area contributed by atoms with Gasteiger partial charge >= 0.3 is 0 Å². The first-order chi connectivity index (χ1) is 9.20. The van der Waals surface area contributed by atoms with Crippen LogP contribution in [0.25, 0.3) is 11.0 Å². The van der Waals surface area contributed by atoms with Crippen LogP contribution in [-0.2, 0) is 0 Å². The van der Waals surface area contributed by atoms with E-state index in [1.165, 1.54) is 0 Å². The van der Waals surface area contributed by atoms with Gasteiger partial charge in [-0.1, -0.05) is 25.1 Å². The van der Waals surface area contributed by atoms with E-state index in [2.05, 4.69) is 31.3 Å². The second-order valence-electron chi connectivity index (χ2n) is 5.29. The van der Waals surface area contributed by atoms with Gasteiger partial charge in [0.2, 0.25) is 0 Å². The molecule has 1 heterocycles. The maximum absolute atomic E-state index is 8.97. The van der Waals surface area contributed by atoms with Crippen LogP contribution in [0.2, 0.25) is 0 Å². The average molecular weight is 261 g/mol. The van der Waals surface area contributed by atoms with Gasteiger partial charge in [-0.25, -0.2) is 0 Å². The van der Waals surface area contributed by atoms with E-state index in [1.807, 2.05) is 18.2 Å². The SMILES string of the molecule is CC(CO)CCCNC(C)c1cc2ccccc2o1. The molecule has 0 spiro atoms. The lowest BCUT2D eigenvalue weighted by molar-refractivity contribution is 0.227. The van der Waals surface area contributed by atoms with E-state index in [-0.39, 0.29) is 12.6 Å². The maximum Gasteiger partial charge on any atom is 0.134 e. The fraction of sp³-hybridized carbons (Fsp3) is 0.500. The molecule has 3 nitrogen and oxygen atoms in total. The third-order valence-electron chi connectivity index (χ3n) is 3.51. The Balaban J connectivity index is 1.84. The number of aliphatic hydroxyl groups is 1. The number of hydrogen-bond donors (Lipinski definition) is 2. The van der Waals surface area contributed by atoms with Crippen molar-refractivity contribution in [1.29, 1.82) is 0 Å². The first kappa shape index (κ1) is 14.1. The van der Waals surface area contributed by atoms with E-state index in [9.17, 15) is 0 Å². The highest BCUT2D eigenvalue weighted by Gasteiger charge is 2.10. The highest BCUT2D eigenvalue weighted by molar-refractivity contribution is 5.77. The van der Waals surface area contributed by atoms with Crippen LogP contribution in [0, 0.1) is 5.92 Å². The summed E-state index contributed by atoms with van der Waals surface area (Å²) in [6, 6.07) is 10.4. The van der Waals surface area contributed by atoms with Gasteiger partial charge in [0.25, 0.3) is 0 Å². The van der Waals surface area contributed by atoms with Gasteiger partial charge in [-0.2, -0.15) is 0 Å². The van der Waals surface area contributed by atoms with E-state index in [4.69, 9.17) is 9.52 Å². The Bertz CT molecular complexity index is 473. The molecule has 0 fully saturated rings. The van der Waals surface area contributed by atoms with Gasteiger partial charge in [-0.15, -0.1) is 0 Å². The fourth-order valence-electron chi connectivity index (χ4n) is 2.18. The number of nitrogens with one attached hydrogen (secondary N) is 1. The number of hydrogen-bond acceptors (Lipinski definition) is 3. The highest BCUT2D eigenvalue weighted by Crippen LogP contribution is 2.23. The number of rotatable bonds is 7. The van der Waals surface area contributed by atoms with Crippen molar-refractivity contribution in [3.05, 3.63) is 36.1 Å². The third kappa shape index (κ3) is 3.82. The standard InChI is InChI=1S/C16H23NO2/c1-12(11-18)6-5-9-17-13(2)16-10-14-7-3-4-8-15(14)19-16/h3-4,7-8,10,12-13,17-18H,5-6,9,11H2,1-2H3. The number of aliphatic hydroxyl groups excluding tert-OH is 1. The summed E-state index contributed by atoms with van der Waals surface area (Å²) in [5.74, 6) is 1.37. The Kier molecular flexibility index (Phi) is 5.00. The molecule has 0 amide bonds. The Morgan fingerprint density at radius 3 is 2.79 bits per heavy atom. The van der Waals surface area contributed by atoms with Gasteiger partial charge in [0.1, 0.15) is 11.3 Å². The lowest BCUT2D eigenvalue weighted by atomic mass is 10.1. The molecular weight excluding hydrogens is 238 g/mol. The lowest BCUT2D eigenvalue weighted by Crippen LogP contribution is -2.20. The van der Waals surface area contributed by atoms with Crippen molar-refractivity contribution in [3.8, 4) is 0 Å². The fourth-order valence-corrected chi connectivity index (χ4v) is 2.18. The number of fused-ring (bicyclic) bond motifs is 1. The van der Waals surface area contributed by atoms with Crippen LogP contribution in [0.4, 0.5) is 0 Å². The largest absolute Gasteiger partial charge is 0.459 e. The van der Waals surface area contributed by atoms with Gasteiger partial charge in [-0.05, 0) is 44.4 Å². The van der Waals surface area contributed by atoms with Crippen LogP contribution in [0.15, 0.2) is 34.7 Å². The quantitative estimate of drug-likeness (QED) is 0.750. The smallest absolute Gasteiger partial charge is 0.134 e. The molecule has 0 aliphatic heterocycles. The Hall–Kier alpha value is -1.32. The number of para-hydroxylation sites is 1. The second-order valence-corrected chi connectivity index (χ2v) is 5.29. The Labute approximate surface area is 114 Å². The monoisotopic (exact) mass is 261 g/mol. The highest BCUT2D eigenvalue weighted by atomic mass is 16.3. The van der Waals surface area contributed by atoms with Crippen LogP contribution < -0.4 is 5.32 Å². The summed E-state index contributed by atoms with van der Waals surface area (Å²) in [6.45, 7) is 5.41. The van der Waals surface area contributed by atoms with Crippen LogP contribution in [0.1, 0.15) is 38.5 Å². The molecule has 0 bridgehead atoms. The van der Waals surface area contributed by atoms with Crippen molar-refractivity contribution >= 4 is 11.0 Å². The molecule has 2 rings (SSSR count). The maximum atomic E-state index is 8.97. The molecular formula is C16H23NO2. The molecule has 104 valence electrons. The topological polar surface area (TPSA) is 45.4 Å². The molecule has 19 heavy (non-hydrogen) atoms. The summed E-state index contributed by atoms with van der Waals surface area (Å²) in [4.78, 5) is 0. The molecule has 3 heteroatoms. The molecule has 1 aromatic carbocycles. The number of benzene rings is 1. The van der Waals surface area contributed by atoms with Crippen LogP contribution >= 0.6 is 0 Å². The summed E-state index contributed by atoms with van der Waals surface area (Å²) in [7, 11) is 0. The second kappa shape index (κ2) is 6.73. The Morgan fingerprint density at radius 1 is 1.26 bits per heavy atom. The third-order valence-corrected chi connectivity index (χ3v) is 3.51. The summed E-state index contributed by atoms with van der Waals surface area (Å²) in [6.07, 6.45) is 2.13. The van der Waals surface area contributed by atoms with Crippen LogP contribution in [0.3, 0.4) is 0 Å².